The first-order valence-electron chi connectivity index (χ1n) is 7.38. The molecule has 110 valence electrons. The Morgan fingerprint density at radius 3 is 2.60 bits per heavy atom. The van der Waals surface area contributed by atoms with E-state index in [4.69, 9.17) is 0 Å². The van der Waals surface area contributed by atoms with Crippen LogP contribution in [0.5, 0.6) is 0 Å². The van der Waals surface area contributed by atoms with Crippen LogP contribution in [0.3, 0.4) is 0 Å². The Morgan fingerprint density at radius 1 is 1.20 bits per heavy atom. The fourth-order valence-electron chi connectivity index (χ4n) is 3.30. The molecule has 2 aliphatic heterocycles. The molecular weight excluding hydrogens is 272 g/mol. The van der Waals surface area contributed by atoms with Crippen LogP contribution < -0.4 is 10.2 Å². The number of rotatable bonds is 3. The SMILES string of the molecule is CCS(=O)(=O)c1ccc(N2CCC3CNCC3C2)cc1. The molecule has 0 bridgehead atoms. The largest absolute Gasteiger partial charge is 0.371 e. The zero-order chi connectivity index (χ0) is 14.2. The fourth-order valence-corrected chi connectivity index (χ4v) is 4.18. The summed E-state index contributed by atoms with van der Waals surface area (Å²) in [6.07, 6.45) is 1.23. The lowest BCUT2D eigenvalue weighted by Crippen LogP contribution is -2.40. The quantitative estimate of drug-likeness (QED) is 0.918. The summed E-state index contributed by atoms with van der Waals surface area (Å²) in [6, 6.07) is 7.39. The van der Waals surface area contributed by atoms with E-state index in [1.165, 1.54) is 6.42 Å². The summed E-state index contributed by atoms with van der Waals surface area (Å²) in [5.74, 6) is 1.72. The van der Waals surface area contributed by atoms with Gasteiger partial charge in [0.25, 0.3) is 0 Å². The van der Waals surface area contributed by atoms with E-state index < -0.39 is 9.84 Å². The molecule has 0 aromatic heterocycles. The monoisotopic (exact) mass is 294 g/mol. The van der Waals surface area contributed by atoms with Gasteiger partial charge in [-0.3, -0.25) is 0 Å². The minimum atomic E-state index is -3.09. The molecule has 1 aromatic rings. The summed E-state index contributed by atoms with van der Waals surface area (Å²) in [5, 5.41) is 3.47. The van der Waals surface area contributed by atoms with Crippen molar-refractivity contribution in [1.29, 1.82) is 0 Å². The molecule has 0 amide bonds. The van der Waals surface area contributed by atoms with E-state index in [9.17, 15) is 8.42 Å². The topological polar surface area (TPSA) is 49.4 Å². The number of benzene rings is 1. The van der Waals surface area contributed by atoms with Crippen LogP contribution in [0.2, 0.25) is 0 Å². The third kappa shape index (κ3) is 2.56. The second-order valence-corrected chi connectivity index (χ2v) is 8.09. The lowest BCUT2D eigenvalue weighted by molar-refractivity contribution is 0.349. The molecule has 4 nitrogen and oxygen atoms in total. The van der Waals surface area contributed by atoms with E-state index in [2.05, 4.69) is 10.2 Å². The van der Waals surface area contributed by atoms with Crippen molar-refractivity contribution in [1.82, 2.24) is 5.32 Å². The first-order chi connectivity index (χ1) is 9.60. The van der Waals surface area contributed by atoms with Gasteiger partial charge in [0, 0.05) is 18.8 Å². The Labute approximate surface area is 121 Å². The molecule has 5 heteroatoms. The standard InChI is InChI=1S/C15H22N2O2S/c1-2-20(18,19)15-5-3-14(4-6-15)17-8-7-12-9-16-10-13(12)11-17/h3-6,12-13,16H,2,7-11H2,1H3. The highest BCUT2D eigenvalue weighted by Gasteiger charge is 2.32. The summed E-state index contributed by atoms with van der Waals surface area (Å²) < 4.78 is 23.6. The summed E-state index contributed by atoms with van der Waals surface area (Å²) in [6.45, 7) is 6.11. The van der Waals surface area contributed by atoms with Crippen molar-refractivity contribution >= 4 is 15.5 Å². The molecule has 2 atom stereocenters. The zero-order valence-electron chi connectivity index (χ0n) is 11.9. The van der Waals surface area contributed by atoms with E-state index in [0.717, 1.165) is 43.7 Å². The number of hydrogen-bond acceptors (Lipinski definition) is 4. The molecule has 2 fully saturated rings. The highest BCUT2D eigenvalue weighted by atomic mass is 32.2. The van der Waals surface area contributed by atoms with Gasteiger partial charge < -0.3 is 10.2 Å². The summed E-state index contributed by atoms with van der Waals surface area (Å²) in [7, 11) is -3.09. The molecule has 0 aliphatic carbocycles. The summed E-state index contributed by atoms with van der Waals surface area (Å²) >= 11 is 0. The molecule has 0 spiro atoms. The highest BCUT2D eigenvalue weighted by molar-refractivity contribution is 7.91. The fraction of sp³-hybridized carbons (Fsp3) is 0.600. The molecule has 1 N–H and O–H groups in total. The van der Waals surface area contributed by atoms with E-state index in [0.29, 0.717) is 4.90 Å². The van der Waals surface area contributed by atoms with Crippen LogP contribution in [0.15, 0.2) is 29.2 Å². The third-order valence-corrected chi connectivity index (χ3v) is 6.40. The van der Waals surface area contributed by atoms with Crippen molar-refractivity contribution in [2.45, 2.75) is 18.2 Å². The van der Waals surface area contributed by atoms with E-state index >= 15 is 0 Å². The average Bonchev–Trinajstić information content (AvgIpc) is 2.94. The van der Waals surface area contributed by atoms with Crippen molar-refractivity contribution in [3.8, 4) is 0 Å². The van der Waals surface area contributed by atoms with Crippen LogP contribution in [-0.4, -0.2) is 40.3 Å². The lowest BCUT2D eigenvalue weighted by Gasteiger charge is -2.36. The number of nitrogens with zero attached hydrogens (tertiary/aromatic N) is 1. The minimum absolute atomic E-state index is 0.158. The first kappa shape index (κ1) is 13.9. The van der Waals surface area contributed by atoms with Crippen molar-refractivity contribution in [3.63, 3.8) is 0 Å². The van der Waals surface area contributed by atoms with Gasteiger partial charge in [-0.05, 0) is 55.6 Å². The van der Waals surface area contributed by atoms with E-state index in [1.807, 2.05) is 12.1 Å². The van der Waals surface area contributed by atoms with Crippen molar-refractivity contribution in [2.24, 2.45) is 11.8 Å². The smallest absolute Gasteiger partial charge is 0.178 e. The van der Waals surface area contributed by atoms with Gasteiger partial charge in [-0.15, -0.1) is 0 Å². The molecule has 1 aromatic carbocycles. The normalized spacial score (nSPS) is 26.6. The number of piperidine rings is 1. The Hall–Kier alpha value is -1.07. The Bertz CT molecular complexity index is 568. The second kappa shape index (κ2) is 5.37. The molecular formula is C15H22N2O2S. The van der Waals surface area contributed by atoms with Gasteiger partial charge in [0.1, 0.15) is 0 Å². The van der Waals surface area contributed by atoms with Gasteiger partial charge in [0.2, 0.25) is 0 Å². The average molecular weight is 294 g/mol. The Kier molecular flexibility index (Phi) is 3.73. The van der Waals surface area contributed by atoms with E-state index in [1.54, 1.807) is 19.1 Å². The van der Waals surface area contributed by atoms with Crippen molar-refractivity contribution in [2.75, 3.05) is 36.8 Å². The molecule has 3 rings (SSSR count). The van der Waals surface area contributed by atoms with Crippen LogP contribution in [0.4, 0.5) is 5.69 Å². The van der Waals surface area contributed by atoms with Crippen LogP contribution in [0.25, 0.3) is 0 Å². The maximum atomic E-state index is 11.8. The van der Waals surface area contributed by atoms with Gasteiger partial charge in [-0.2, -0.15) is 0 Å². The van der Waals surface area contributed by atoms with Crippen LogP contribution in [0.1, 0.15) is 13.3 Å². The van der Waals surface area contributed by atoms with Gasteiger partial charge >= 0.3 is 0 Å². The van der Waals surface area contributed by atoms with Crippen LogP contribution >= 0.6 is 0 Å². The summed E-state index contributed by atoms with van der Waals surface area (Å²) in [4.78, 5) is 2.82. The maximum Gasteiger partial charge on any atom is 0.178 e. The van der Waals surface area contributed by atoms with Crippen LogP contribution in [0, 0.1) is 11.8 Å². The highest BCUT2D eigenvalue weighted by Crippen LogP contribution is 2.30. The predicted molar refractivity (Wildman–Crippen MR) is 80.8 cm³/mol. The van der Waals surface area contributed by atoms with Gasteiger partial charge in [0.05, 0.1) is 10.6 Å². The molecule has 2 unspecified atom stereocenters. The van der Waals surface area contributed by atoms with Crippen LogP contribution in [-0.2, 0) is 9.84 Å². The molecule has 0 radical (unpaired) electrons. The molecule has 2 aliphatic rings. The van der Waals surface area contributed by atoms with Gasteiger partial charge in [-0.25, -0.2) is 8.42 Å². The van der Waals surface area contributed by atoms with Gasteiger partial charge in [0.15, 0.2) is 9.84 Å². The number of anilines is 1. The van der Waals surface area contributed by atoms with Gasteiger partial charge in [-0.1, -0.05) is 6.92 Å². The molecule has 20 heavy (non-hydrogen) atoms. The Morgan fingerprint density at radius 2 is 1.90 bits per heavy atom. The number of nitrogens with one attached hydrogen (secondary N) is 1. The maximum absolute atomic E-state index is 11.8. The number of fused-ring (bicyclic) bond motifs is 1. The molecule has 2 saturated heterocycles. The molecule has 0 saturated carbocycles. The number of hydrogen-bond donors (Lipinski definition) is 1. The van der Waals surface area contributed by atoms with Crippen molar-refractivity contribution < 1.29 is 8.42 Å². The van der Waals surface area contributed by atoms with Crippen molar-refractivity contribution in [3.05, 3.63) is 24.3 Å². The predicted octanol–water partition coefficient (Wildman–Crippen LogP) is 1.53. The van der Waals surface area contributed by atoms with E-state index in [-0.39, 0.29) is 5.75 Å². The Balaban J connectivity index is 1.75. The minimum Gasteiger partial charge on any atom is -0.371 e. The molecule has 2 heterocycles. The number of sulfone groups is 1. The summed E-state index contributed by atoms with van der Waals surface area (Å²) in [5.41, 5.74) is 1.14. The zero-order valence-corrected chi connectivity index (χ0v) is 12.7. The second-order valence-electron chi connectivity index (χ2n) is 5.81. The first-order valence-corrected chi connectivity index (χ1v) is 9.04. The third-order valence-electron chi connectivity index (χ3n) is 4.65. The lowest BCUT2D eigenvalue weighted by atomic mass is 9.88.